The largest absolute Gasteiger partial charge is 0.310 e. The molecular weight excluding hydrogens is 615 g/mol. The van der Waals surface area contributed by atoms with Gasteiger partial charge in [-0.2, -0.15) is 0 Å². The van der Waals surface area contributed by atoms with Crippen LogP contribution in [0.5, 0.6) is 0 Å². The van der Waals surface area contributed by atoms with Crippen LogP contribution in [0.2, 0.25) is 0 Å². The van der Waals surface area contributed by atoms with E-state index in [1.807, 2.05) is 0 Å². The van der Waals surface area contributed by atoms with Crippen LogP contribution in [-0.4, -0.2) is 0 Å². The fourth-order valence-electron chi connectivity index (χ4n) is 9.83. The van der Waals surface area contributed by atoms with Gasteiger partial charge in [0.15, 0.2) is 0 Å². The minimum atomic E-state index is -0.398. The predicted octanol–water partition coefficient (Wildman–Crippen LogP) is 13.0. The fraction of sp³-hybridized carbons (Fsp3) is 0.0800. The summed E-state index contributed by atoms with van der Waals surface area (Å²) in [4.78, 5) is 2.48. The second-order valence-corrected chi connectivity index (χ2v) is 14.9. The Balaban J connectivity index is 1.19. The van der Waals surface area contributed by atoms with E-state index in [0.717, 1.165) is 17.1 Å². The van der Waals surface area contributed by atoms with Gasteiger partial charge in [-0.15, -0.1) is 0 Å². The van der Waals surface area contributed by atoms with Gasteiger partial charge in [0, 0.05) is 22.5 Å². The second-order valence-electron chi connectivity index (χ2n) is 14.9. The highest BCUT2D eigenvalue weighted by molar-refractivity contribution is 5.97. The van der Waals surface area contributed by atoms with E-state index >= 15 is 0 Å². The molecule has 0 unspecified atom stereocenters. The Hall–Kier alpha value is -6.18. The molecule has 0 saturated carbocycles. The van der Waals surface area contributed by atoms with Crippen LogP contribution in [0, 0.1) is 0 Å². The molecule has 51 heavy (non-hydrogen) atoms. The van der Waals surface area contributed by atoms with Crippen LogP contribution in [0.25, 0.3) is 44.2 Å². The number of hydrogen-bond donors (Lipinski definition) is 0. The summed E-state index contributed by atoms with van der Waals surface area (Å²) < 4.78 is 0. The van der Waals surface area contributed by atoms with Crippen molar-refractivity contribution in [2.24, 2.45) is 0 Å². The molecule has 0 aromatic heterocycles. The van der Waals surface area contributed by atoms with Gasteiger partial charge in [0.1, 0.15) is 0 Å². The third kappa shape index (κ3) is 3.71. The lowest BCUT2D eigenvalue weighted by Crippen LogP contribution is -2.26. The lowest BCUT2D eigenvalue weighted by molar-refractivity contribution is 0.660. The lowest BCUT2D eigenvalue weighted by Gasteiger charge is -2.32. The molecule has 0 N–H and O–H groups in total. The molecule has 8 aromatic rings. The first-order valence-electron chi connectivity index (χ1n) is 18.0. The molecule has 3 aliphatic rings. The van der Waals surface area contributed by atoms with Crippen LogP contribution < -0.4 is 4.90 Å². The summed E-state index contributed by atoms with van der Waals surface area (Å²) in [6, 6.07) is 66.0. The summed E-state index contributed by atoms with van der Waals surface area (Å²) >= 11 is 0. The molecule has 1 nitrogen and oxygen atoms in total. The Morgan fingerprint density at radius 2 is 0.745 bits per heavy atom. The molecule has 0 atom stereocenters. The molecular formula is C50H35N. The molecule has 0 fully saturated rings. The average molecular weight is 650 g/mol. The first-order chi connectivity index (χ1) is 25.0. The maximum absolute atomic E-state index is 2.49. The van der Waals surface area contributed by atoms with Gasteiger partial charge >= 0.3 is 0 Å². The van der Waals surface area contributed by atoms with Gasteiger partial charge in [-0.25, -0.2) is 0 Å². The van der Waals surface area contributed by atoms with Gasteiger partial charge in [-0.3, -0.25) is 0 Å². The van der Waals surface area contributed by atoms with Crippen molar-refractivity contribution >= 4 is 27.8 Å². The zero-order valence-electron chi connectivity index (χ0n) is 28.7. The Labute approximate surface area is 299 Å². The molecule has 11 rings (SSSR count). The number of hydrogen-bond acceptors (Lipinski definition) is 1. The maximum atomic E-state index is 2.49. The van der Waals surface area contributed by atoms with E-state index in [-0.39, 0.29) is 5.41 Å². The van der Waals surface area contributed by atoms with Crippen molar-refractivity contribution in [3.05, 3.63) is 209 Å². The monoisotopic (exact) mass is 649 g/mol. The molecule has 1 spiro atoms. The summed E-state index contributed by atoms with van der Waals surface area (Å²) in [5.74, 6) is 0. The molecule has 0 bridgehead atoms. The molecule has 8 aromatic carbocycles. The van der Waals surface area contributed by atoms with Crippen molar-refractivity contribution in [1.29, 1.82) is 0 Å². The Bertz CT molecular complexity index is 2680. The molecule has 240 valence electrons. The Kier molecular flexibility index (Phi) is 5.72. The zero-order valence-corrected chi connectivity index (χ0v) is 28.7. The minimum absolute atomic E-state index is 0.0484. The van der Waals surface area contributed by atoms with Crippen LogP contribution >= 0.6 is 0 Å². The number of anilines is 3. The number of nitrogens with zero attached hydrogens (tertiary/aromatic N) is 1. The highest BCUT2D eigenvalue weighted by Crippen LogP contribution is 2.63. The maximum Gasteiger partial charge on any atom is 0.0726 e. The van der Waals surface area contributed by atoms with Crippen LogP contribution in [0.3, 0.4) is 0 Å². The molecule has 0 saturated heterocycles. The third-order valence-corrected chi connectivity index (χ3v) is 12.1. The van der Waals surface area contributed by atoms with Gasteiger partial charge in [-0.05, 0) is 114 Å². The van der Waals surface area contributed by atoms with Crippen LogP contribution in [0.4, 0.5) is 17.1 Å². The van der Waals surface area contributed by atoms with E-state index < -0.39 is 5.41 Å². The average Bonchev–Trinajstić information content (AvgIpc) is 3.73. The molecule has 1 heteroatoms. The van der Waals surface area contributed by atoms with Crippen molar-refractivity contribution in [3.63, 3.8) is 0 Å². The van der Waals surface area contributed by atoms with E-state index in [0.29, 0.717) is 0 Å². The quantitative estimate of drug-likeness (QED) is 0.184. The first-order valence-corrected chi connectivity index (χ1v) is 18.0. The van der Waals surface area contributed by atoms with Gasteiger partial charge in [0.05, 0.1) is 5.41 Å². The van der Waals surface area contributed by atoms with Crippen molar-refractivity contribution in [1.82, 2.24) is 0 Å². The second kappa shape index (κ2) is 10.2. The van der Waals surface area contributed by atoms with Gasteiger partial charge in [0.25, 0.3) is 0 Å². The minimum Gasteiger partial charge on any atom is -0.310 e. The van der Waals surface area contributed by atoms with E-state index in [4.69, 9.17) is 0 Å². The third-order valence-electron chi connectivity index (χ3n) is 12.1. The fourth-order valence-corrected chi connectivity index (χ4v) is 9.83. The standard InChI is InChI=1S/C50H35N/c1-49(2)43-19-9-5-18-40(43)42-30-35(26-28-44(42)49)51(34-24-23-32-13-3-4-14-33(32)29-34)36-25-27-41-39-17-8-12-22-47(39)50(48(41)31-36)45-20-10-6-15-37(45)38-16-7-11-21-46(38)50/h3-31H,1-2H3. The Morgan fingerprint density at radius 1 is 0.314 bits per heavy atom. The van der Waals surface area contributed by atoms with Crippen molar-refractivity contribution in [2.45, 2.75) is 24.7 Å². The number of fused-ring (bicyclic) bond motifs is 14. The van der Waals surface area contributed by atoms with Crippen LogP contribution in [0.15, 0.2) is 176 Å². The molecule has 3 aliphatic carbocycles. The first kappa shape index (κ1) is 28.6. The summed E-state index contributed by atoms with van der Waals surface area (Å²) in [5, 5.41) is 2.48. The zero-order chi connectivity index (χ0) is 33.9. The summed E-state index contributed by atoms with van der Waals surface area (Å²) in [7, 11) is 0. The van der Waals surface area contributed by atoms with E-state index in [9.17, 15) is 0 Å². The predicted molar refractivity (Wildman–Crippen MR) is 212 cm³/mol. The van der Waals surface area contributed by atoms with E-state index in [2.05, 4.69) is 195 Å². The van der Waals surface area contributed by atoms with Crippen molar-refractivity contribution in [3.8, 4) is 33.4 Å². The Morgan fingerprint density at radius 3 is 1.39 bits per heavy atom. The number of benzene rings is 8. The lowest BCUT2D eigenvalue weighted by atomic mass is 9.70. The highest BCUT2D eigenvalue weighted by atomic mass is 15.1. The smallest absolute Gasteiger partial charge is 0.0726 e. The summed E-state index contributed by atoms with van der Waals surface area (Å²) in [5.41, 5.74) is 19.2. The van der Waals surface area contributed by atoms with E-state index in [1.165, 1.54) is 77.5 Å². The normalized spacial score (nSPS) is 14.8. The van der Waals surface area contributed by atoms with Crippen LogP contribution in [0.1, 0.15) is 47.2 Å². The SMILES string of the molecule is CC1(C)c2ccccc2-c2cc(N(c3ccc4c(c3)C3(c5ccccc5-c5ccccc53)c3ccccc3-4)c3ccc4ccccc4c3)ccc21. The van der Waals surface area contributed by atoms with Gasteiger partial charge < -0.3 is 4.90 Å². The summed E-state index contributed by atoms with van der Waals surface area (Å²) in [6.45, 7) is 4.71. The van der Waals surface area contributed by atoms with Crippen molar-refractivity contribution < 1.29 is 0 Å². The molecule has 0 radical (unpaired) electrons. The molecule has 0 aliphatic heterocycles. The molecule has 0 amide bonds. The molecule has 0 heterocycles. The number of rotatable bonds is 3. The van der Waals surface area contributed by atoms with Gasteiger partial charge in [-0.1, -0.05) is 153 Å². The highest BCUT2D eigenvalue weighted by Gasteiger charge is 2.51. The van der Waals surface area contributed by atoms with Gasteiger partial charge in [0.2, 0.25) is 0 Å². The van der Waals surface area contributed by atoms with E-state index in [1.54, 1.807) is 0 Å². The topological polar surface area (TPSA) is 3.24 Å². The van der Waals surface area contributed by atoms with Crippen LogP contribution in [-0.2, 0) is 10.8 Å². The summed E-state index contributed by atoms with van der Waals surface area (Å²) in [6.07, 6.45) is 0. The van der Waals surface area contributed by atoms with Crippen molar-refractivity contribution in [2.75, 3.05) is 4.90 Å².